The Morgan fingerprint density at radius 3 is 2.47 bits per heavy atom. The highest BCUT2D eigenvalue weighted by atomic mass is 32.2. The van der Waals surface area contributed by atoms with E-state index in [1.165, 1.54) is 4.31 Å². The second-order valence-corrected chi connectivity index (χ2v) is 7.21. The van der Waals surface area contributed by atoms with Crippen molar-refractivity contribution in [1.29, 1.82) is 0 Å². The molecule has 19 heavy (non-hydrogen) atoms. The zero-order valence-electron chi connectivity index (χ0n) is 12.8. The van der Waals surface area contributed by atoms with Crippen LogP contribution >= 0.6 is 0 Å². The first-order chi connectivity index (χ1) is 8.90. The van der Waals surface area contributed by atoms with Crippen LogP contribution in [-0.2, 0) is 14.8 Å². The summed E-state index contributed by atoms with van der Waals surface area (Å²) in [6, 6.07) is 0. The van der Waals surface area contributed by atoms with Crippen LogP contribution in [0.15, 0.2) is 0 Å². The third-order valence-corrected chi connectivity index (χ3v) is 4.70. The topological polar surface area (TPSA) is 58.6 Å². The molecule has 0 spiro atoms. The number of hydrogen-bond donors (Lipinski definition) is 1. The van der Waals surface area contributed by atoms with Crippen LogP contribution in [0.4, 0.5) is 0 Å². The minimum Gasteiger partial charge on any atom is -0.377 e. The van der Waals surface area contributed by atoms with E-state index in [0.717, 1.165) is 25.9 Å². The van der Waals surface area contributed by atoms with Crippen LogP contribution in [0.5, 0.6) is 0 Å². The van der Waals surface area contributed by atoms with Gasteiger partial charge in [0.15, 0.2) is 0 Å². The zero-order chi connectivity index (χ0) is 14.7. The van der Waals surface area contributed by atoms with Crippen molar-refractivity contribution in [3.05, 3.63) is 0 Å². The predicted molar refractivity (Wildman–Crippen MR) is 79.9 cm³/mol. The smallest absolute Gasteiger partial charge is 0.213 e. The molecule has 0 aromatic carbocycles. The zero-order valence-corrected chi connectivity index (χ0v) is 13.6. The Morgan fingerprint density at radius 1 is 1.21 bits per heavy atom. The molecule has 0 aliphatic heterocycles. The van der Waals surface area contributed by atoms with Gasteiger partial charge in [-0.1, -0.05) is 6.92 Å². The highest BCUT2D eigenvalue weighted by molar-refractivity contribution is 7.89. The standard InChI is InChI=1S/C13H30N2O3S/c1-5-8-14-9-6-7-12-19(16,17)15(4)10-11-18-13(2)3/h13-14H,5-12H2,1-4H3. The number of unbranched alkanes of at least 4 members (excludes halogenated alkanes) is 1. The molecule has 0 bridgehead atoms. The van der Waals surface area contributed by atoms with Crippen LogP contribution < -0.4 is 5.32 Å². The summed E-state index contributed by atoms with van der Waals surface area (Å²) in [7, 11) is -1.51. The number of sulfonamides is 1. The van der Waals surface area contributed by atoms with E-state index in [-0.39, 0.29) is 11.9 Å². The molecule has 0 amide bonds. The van der Waals surface area contributed by atoms with Crippen LogP contribution in [-0.4, -0.2) is 57.9 Å². The van der Waals surface area contributed by atoms with Crippen molar-refractivity contribution >= 4 is 10.0 Å². The lowest BCUT2D eigenvalue weighted by molar-refractivity contribution is 0.0737. The second-order valence-electron chi connectivity index (χ2n) is 5.01. The summed E-state index contributed by atoms with van der Waals surface area (Å²) in [5.41, 5.74) is 0. The molecule has 0 radical (unpaired) electrons. The minimum atomic E-state index is -3.13. The molecule has 0 atom stereocenters. The van der Waals surface area contributed by atoms with Crippen molar-refractivity contribution in [2.75, 3.05) is 39.0 Å². The van der Waals surface area contributed by atoms with Crippen LogP contribution in [0.2, 0.25) is 0 Å². The van der Waals surface area contributed by atoms with E-state index in [4.69, 9.17) is 4.74 Å². The van der Waals surface area contributed by atoms with Crippen molar-refractivity contribution in [3.63, 3.8) is 0 Å². The minimum absolute atomic E-state index is 0.140. The molecule has 0 aliphatic rings. The number of hydrogen-bond acceptors (Lipinski definition) is 4. The van der Waals surface area contributed by atoms with E-state index in [9.17, 15) is 8.42 Å². The molecule has 6 heteroatoms. The summed E-state index contributed by atoms with van der Waals surface area (Å²) in [5, 5.41) is 3.27. The molecule has 0 aliphatic carbocycles. The first-order valence-electron chi connectivity index (χ1n) is 7.16. The van der Waals surface area contributed by atoms with Crippen molar-refractivity contribution in [3.8, 4) is 0 Å². The van der Waals surface area contributed by atoms with Gasteiger partial charge in [0.1, 0.15) is 0 Å². The third kappa shape index (κ3) is 10.3. The number of ether oxygens (including phenoxy) is 1. The van der Waals surface area contributed by atoms with Gasteiger partial charge in [0, 0.05) is 13.6 Å². The van der Waals surface area contributed by atoms with Crippen LogP contribution in [0.1, 0.15) is 40.0 Å². The maximum absolute atomic E-state index is 11.9. The lowest BCUT2D eigenvalue weighted by Gasteiger charge is -2.18. The normalized spacial score (nSPS) is 12.5. The molecule has 0 fully saturated rings. The maximum Gasteiger partial charge on any atom is 0.213 e. The molecule has 1 N–H and O–H groups in total. The number of likely N-dealkylation sites (N-methyl/N-ethyl adjacent to an activating group) is 1. The Labute approximate surface area is 118 Å². The Hall–Kier alpha value is -0.170. The van der Waals surface area contributed by atoms with Crippen molar-refractivity contribution in [2.45, 2.75) is 46.1 Å². The fourth-order valence-corrected chi connectivity index (χ4v) is 2.78. The Kier molecular flexibility index (Phi) is 10.5. The molecular weight excluding hydrogens is 264 g/mol. The molecule has 0 heterocycles. The van der Waals surface area contributed by atoms with E-state index in [1.807, 2.05) is 13.8 Å². The van der Waals surface area contributed by atoms with Crippen LogP contribution in [0.3, 0.4) is 0 Å². The Morgan fingerprint density at radius 2 is 1.89 bits per heavy atom. The largest absolute Gasteiger partial charge is 0.377 e. The molecule has 0 aromatic rings. The second kappa shape index (κ2) is 10.6. The molecule has 0 saturated carbocycles. The Bertz CT molecular complexity index is 305. The van der Waals surface area contributed by atoms with Gasteiger partial charge >= 0.3 is 0 Å². The summed E-state index contributed by atoms with van der Waals surface area (Å²) in [5.74, 6) is 0.221. The van der Waals surface area contributed by atoms with E-state index in [1.54, 1.807) is 7.05 Å². The highest BCUT2D eigenvalue weighted by Crippen LogP contribution is 2.02. The average molecular weight is 294 g/mol. The molecule has 0 saturated heterocycles. The van der Waals surface area contributed by atoms with E-state index < -0.39 is 10.0 Å². The van der Waals surface area contributed by atoms with Gasteiger partial charge < -0.3 is 10.1 Å². The van der Waals surface area contributed by atoms with Gasteiger partial charge in [0.2, 0.25) is 10.0 Å². The monoisotopic (exact) mass is 294 g/mol. The fourth-order valence-electron chi connectivity index (χ4n) is 1.55. The summed E-state index contributed by atoms with van der Waals surface area (Å²) < 4.78 is 30.6. The van der Waals surface area contributed by atoms with Gasteiger partial charge in [-0.25, -0.2) is 12.7 Å². The number of nitrogens with one attached hydrogen (secondary N) is 1. The summed E-state index contributed by atoms with van der Waals surface area (Å²) >= 11 is 0. The van der Waals surface area contributed by atoms with E-state index in [2.05, 4.69) is 12.2 Å². The van der Waals surface area contributed by atoms with Gasteiger partial charge in [-0.3, -0.25) is 0 Å². The molecule has 0 rings (SSSR count). The van der Waals surface area contributed by atoms with Crippen LogP contribution in [0, 0.1) is 0 Å². The first-order valence-corrected chi connectivity index (χ1v) is 8.77. The molecule has 0 unspecified atom stereocenters. The number of rotatable bonds is 12. The predicted octanol–water partition coefficient (Wildman–Crippen LogP) is 1.45. The Balaban J connectivity index is 3.77. The SMILES string of the molecule is CCCNCCCCS(=O)(=O)N(C)CCOC(C)C. The molecular formula is C13H30N2O3S. The quantitative estimate of drug-likeness (QED) is 0.554. The van der Waals surface area contributed by atoms with Gasteiger partial charge in [0.25, 0.3) is 0 Å². The van der Waals surface area contributed by atoms with Crippen molar-refractivity contribution < 1.29 is 13.2 Å². The maximum atomic E-state index is 11.9. The van der Waals surface area contributed by atoms with E-state index >= 15 is 0 Å². The highest BCUT2D eigenvalue weighted by Gasteiger charge is 2.16. The first kappa shape index (κ1) is 18.8. The summed E-state index contributed by atoms with van der Waals surface area (Å²) in [6.45, 7) is 8.77. The lowest BCUT2D eigenvalue weighted by atomic mass is 10.3. The third-order valence-electron chi connectivity index (χ3n) is 2.76. The summed E-state index contributed by atoms with van der Waals surface area (Å²) in [4.78, 5) is 0. The van der Waals surface area contributed by atoms with E-state index in [0.29, 0.717) is 19.6 Å². The van der Waals surface area contributed by atoms with Gasteiger partial charge in [-0.05, 0) is 46.2 Å². The van der Waals surface area contributed by atoms with Crippen LogP contribution in [0.25, 0.3) is 0 Å². The van der Waals surface area contributed by atoms with Gasteiger partial charge in [0.05, 0.1) is 18.5 Å². The average Bonchev–Trinajstić information content (AvgIpc) is 2.33. The fraction of sp³-hybridized carbons (Fsp3) is 1.00. The molecule has 116 valence electrons. The number of nitrogens with zero attached hydrogens (tertiary/aromatic N) is 1. The van der Waals surface area contributed by atoms with Crippen molar-refractivity contribution in [1.82, 2.24) is 9.62 Å². The van der Waals surface area contributed by atoms with Crippen molar-refractivity contribution in [2.24, 2.45) is 0 Å². The van der Waals surface area contributed by atoms with Gasteiger partial charge in [-0.15, -0.1) is 0 Å². The summed E-state index contributed by atoms with van der Waals surface area (Å²) in [6.07, 6.45) is 2.85. The molecule has 0 aromatic heterocycles. The lowest BCUT2D eigenvalue weighted by Crippen LogP contribution is -2.33. The van der Waals surface area contributed by atoms with Gasteiger partial charge in [-0.2, -0.15) is 0 Å². The molecule has 5 nitrogen and oxygen atoms in total.